The van der Waals surface area contributed by atoms with E-state index in [4.69, 9.17) is 16.3 Å². The van der Waals surface area contributed by atoms with E-state index in [1.165, 1.54) is 5.56 Å². The van der Waals surface area contributed by atoms with Gasteiger partial charge in [-0.3, -0.25) is 0 Å². The summed E-state index contributed by atoms with van der Waals surface area (Å²) >= 11 is 5.90. The molecular weight excluding hydrogens is 348 g/mol. The molecule has 26 heavy (non-hydrogen) atoms. The Morgan fingerprint density at radius 3 is 2.54 bits per heavy atom. The van der Waals surface area contributed by atoms with Crippen molar-refractivity contribution in [3.05, 3.63) is 82.0 Å². The monoisotopic (exact) mass is 368 g/mol. The molecule has 0 bridgehead atoms. The van der Waals surface area contributed by atoms with Gasteiger partial charge in [-0.1, -0.05) is 48.9 Å². The number of benzene rings is 2. The number of rotatable bonds is 7. The van der Waals surface area contributed by atoms with Crippen LogP contribution in [0.5, 0.6) is 0 Å². The van der Waals surface area contributed by atoms with Crippen molar-refractivity contribution in [3.63, 3.8) is 0 Å². The lowest BCUT2D eigenvalue weighted by molar-refractivity contribution is -0.130. The van der Waals surface area contributed by atoms with Crippen LogP contribution in [0.3, 0.4) is 0 Å². The molecule has 0 atom stereocenters. The van der Waals surface area contributed by atoms with Gasteiger partial charge in [-0.25, -0.2) is 9.79 Å². The topological polar surface area (TPSA) is 50.7 Å². The van der Waals surface area contributed by atoms with E-state index in [1.807, 2.05) is 25.1 Å². The van der Waals surface area contributed by atoms with E-state index in [1.54, 1.807) is 24.3 Å². The lowest BCUT2D eigenvalue weighted by atomic mass is 10.1. The third-order valence-electron chi connectivity index (χ3n) is 4.22. The predicted molar refractivity (Wildman–Crippen MR) is 104 cm³/mol. The molecule has 4 nitrogen and oxygen atoms in total. The van der Waals surface area contributed by atoms with Crippen molar-refractivity contribution >= 4 is 23.5 Å². The first kappa shape index (κ1) is 18.4. The second-order valence-corrected chi connectivity index (χ2v) is 6.47. The predicted octanol–water partition coefficient (Wildman–Crippen LogP) is 4.14. The van der Waals surface area contributed by atoms with Gasteiger partial charge >= 0.3 is 5.97 Å². The Hall–Kier alpha value is -2.43. The maximum absolute atomic E-state index is 12.2. The molecule has 0 saturated heterocycles. The number of ether oxygens (including phenoxy) is 1. The van der Waals surface area contributed by atoms with E-state index in [-0.39, 0.29) is 0 Å². The average molecular weight is 369 g/mol. The molecule has 0 amide bonds. The maximum atomic E-state index is 12.2. The Bertz CT molecular complexity index is 827. The molecule has 1 aliphatic rings. The Balaban J connectivity index is 1.65. The molecule has 0 spiro atoms. The maximum Gasteiger partial charge on any atom is 0.363 e. The molecule has 0 fully saturated rings. The fraction of sp³-hybridized carbons (Fsp3) is 0.238. The summed E-state index contributed by atoms with van der Waals surface area (Å²) < 4.78 is 5.34. The Kier molecular flexibility index (Phi) is 6.21. The number of hydrogen-bond acceptors (Lipinski definition) is 4. The number of carbonyl (C=O) groups is 1. The molecule has 0 aliphatic carbocycles. The molecule has 5 heteroatoms. The molecule has 2 aromatic rings. The minimum Gasteiger partial charge on any atom is -0.402 e. The Morgan fingerprint density at radius 1 is 1.12 bits per heavy atom. The standard InChI is InChI=1S/C21H21ClN2O2/c1-2-16(14-23-13-12-15-6-4-3-5-7-15)19-21(25)26-20(24-19)17-8-10-18(22)11-9-17/h3-11,23H,2,12-14H2,1H3/b19-16+. The number of aliphatic imine (C=N–C) groups is 1. The highest BCUT2D eigenvalue weighted by molar-refractivity contribution is 6.30. The molecule has 0 saturated carbocycles. The molecule has 134 valence electrons. The lowest BCUT2D eigenvalue weighted by Gasteiger charge is -2.08. The Morgan fingerprint density at radius 2 is 1.85 bits per heavy atom. The van der Waals surface area contributed by atoms with Crippen molar-refractivity contribution < 1.29 is 9.53 Å². The molecule has 1 N–H and O–H groups in total. The van der Waals surface area contributed by atoms with Gasteiger partial charge in [-0.05, 0) is 54.8 Å². The van der Waals surface area contributed by atoms with Gasteiger partial charge in [-0.15, -0.1) is 0 Å². The number of nitrogens with zero attached hydrogens (tertiary/aromatic N) is 1. The molecule has 1 aliphatic heterocycles. The van der Waals surface area contributed by atoms with E-state index in [2.05, 4.69) is 22.4 Å². The molecule has 0 aromatic heterocycles. The number of esters is 1. The van der Waals surface area contributed by atoms with Crippen molar-refractivity contribution in [1.29, 1.82) is 0 Å². The largest absolute Gasteiger partial charge is 0.402 e. The van der Waals surface area contributed by atoms with Crippen LogP contribution in [-0.2, 0) is 16.0 Å². The van der Waals surface area contributed by atoms with Gasteiger partial charge < -0.3 is 10.1 Å². The highest BCUT2D eigenvalue weighted by Gasteiger charge is 2.26. The van der Waals surface area contributed by atoms with E-state index < -0.39 is 5.97 Å². The quantitative estimate of drug-likeness (QED) is 0.454. The van der Waals surface area contributed by atoms with Crippen LogP contribution in [-0.4, -0.2) is 25.0 Å². The highest BCUT2D eigenvalue weighted by atomic mass is 35.5. The van der Waals surface area contributed by atoms with Gasteiger partial charge in [0.1, 0.15) is 0 Å². The average Bonchev–Trinajstić information content (AvgIpc) is 3.05. The fourth-order valence-electron chi connectivity index (χ4n) is 2.74. The van der Waals surface area contributed by atoms with Gasteiger partial charge in [0.05, 0.1) is 0 Å². The van der Waals surface area contributed by atoms with Gasteiger partial charge in [0.2, 0.25) is 5.90 Å². The van der Waals surface area contributed by atoms with Gasteiger partial charge in [-0.2, -0.15) is 0 Å². The summed E-state index contributed by atoms with van der Waals surface area (Å²) in [4.78, 5) is 16.6. The minimum absolute atomic E-state index is 0.330. The number of nitrogens with one attached hydrogen (secondary N) is 1. The second-order valence-electron chi connectivity index (χ2n) is 6.03. The number of cyclic esters (lactones) is 1. The summed E-state index contributed by atoms with van der Waals surface area (Å²) in [6.07, 6.45) is 1.68. The normalized spacial score (nSPS) is 15.6. The zero-order chi connectivity index (χ0) is 18.4. The van der Waals surface area contributed by atoms with Crippen LogP contribution in [0.2, 0.25) is 5.02 Å². The summed E-state index contributed by atoms with van der Waals surface area (Å²) in [7, 11) is 0. The van der Waals surface area contributed by atoms with E-state index in [0.717, 1.165) is 30.5 Å². The van der Waals surface area contributed by atoms with Crippen LogP contribution < -0.4 is 5.32 Å². The number of hydrogen-bond donors (Lipinski definition) is 1. The first-order chi connectivity index (χ1) is 12.7. The van der Waals surface area contributed by atoms with E-state index >= 15 is 0 Å². The van der Waals surface area contributed by atoms with Gasteiger partial charge in [0, 0.05) is 17.1 Å². The molecular formula is C21H21ClN2O2. The van der Waals surface area contributed by atoms with E-state index in [0.29, 0.717) is 23.2 Å². The third-order valence-corrected chi connectivity index (χ3v) is 4.47. The van der Waals surface area contributed by atoms with Crippen LogP contribution in [0, 0.1) is 0 Å². The van der Waals surface area contributed by atoms with Crippen LogP contribution in [0.4, 0.5) is 0 Å². The lowest BCUT2D eigenvalue weighted by Crippen LogP contribution is -2.21. The van der Waals surface area contributed by atoms with Crippen molar-refractivity contribution in [2.24, 2.45) is 4.99 Å². The Labute approximate surface area is 158 Å². The second kappa shape index (κ2) is 8.79. The minimum atomic E-state index is -0.392. The molecule has 2 aromatic carbocycles. The molecule has 0 unspecified atom stereocenters. The van der Waals surface area contributed by atoms with Crippen LogP contribution in [0.15, 0.2) is 70.9 Å². The summed E-state index contributed by atoms with van der Waals surface area (Å²) in [5.74, 6) is -0.0615. The first-order valence-electron chi connectivity index (χ1n) is 8.71. The molecule has 1 heterocycles. The summed E-state index contributed by atoms with van der Waals surface area (Å²) in [5, 5.41) is 4.02. The smallest absolute Gasteiger partial charge is 0.363 e. The number of halogens is 1. The van der Waals surface area contributed by atoms with Crippen molar-refractivity contribution in [2.45, 2.75) is 19.8 Å². The van der Waals surface area contributed by atoms with Gasteiger partial charge in [0.15, 0.2) is 5.70 Å². The highest BCUT2D eigenvalue weighted by Crippen LogP contribution is 2.21. The first-order valence-corrected chi connectivity index (χ1v) is 9.08. The number of carbonyl (C=O) groups excluding carboxylic acids is 1. The van der Waals surface area contributed by atoms with E-state index in [9.17, 15) is 4.79 Å². The van der Waals surface area contributed by atoms with Gasteiger partial charge in [0.25, 0.3) is 0 Å². The van der Waals surface area contributed by atoms with Crippen LogP contribution in [0.1, 0.15) is 24.5 Å². The summed E-state index contributed by atoms with van der Waals surface area (Å²) in [6.45, 7) is 3.47. The zero-order valence-electron chi connectivity index (χ0n) is 14.7. The SMILES string of the molecule is CC/C(CNCCc1ccccc1)=C1\N=C(c2ccc(Cl)cc2)OC1=O. The van der Waals surface area contributed by atoms with Crippen LogP contribution in [0.25, 0.3) is 0 Å². The van der Waals surface area contributed by atoms with Crippen molar-refractivity contribution in [1.82, 2.24) is 5.32 Å². The molecule has 0 radical (unpaired) electrons. The van der Waals surface area contributed by atoms with Crippen molar-refractivity contribution in [3.8, 4) is 0 Å². The molecule has 3 rings (SSSR count). The fourth-order valence-corrected chi connectivity index (χ4v) is 2.86. The summed E-state index contributed by atoms with van der Waals surface area (Å²) in [6, 6.07) is 17.4. The summed E-state index contributed by atoms with van der Waals surface area (Å²) in [5.41, 5.74) is 3.39. The zero-order valence-corrected chi connectivity index (χ0v) is 15.4. The van der Waals surface area contributed by atoms with Crippen molar-refractivity contribution in [2.75, 3.05) is 13.1 Å². The third kappa shape index (κ3) is 4.59. The van der Waals surface area contributed by atoms with Crippen LogP contribution >= 0.6 is 11.6 Å².